The van der Waals surface area contributed by atoms with E-state index in [1.807, 2.05) is 13.8 Å². The van der Waals surface area contributed by atoms with Gasteiger partial charge in [0.15, 0.2) is 0 Å². The molecule has 0 aliphatic carbocycles. The number of ether oxygens (including phenoxy) is 1. The number of esters is 1. The van der Waals surface area contributed by atoms with Crippen LogP contribution in [0, 0.1) is 5.41 Å². The second-order valence-electron chi connectivity index (χ2n) is 10.5. The molecule has 33 heavy (non-hydrogen) atoms. The molecule has 0 aromatic rings. The van der Waals surface area contributed by atoms with Gasteiger partial charge in [-0.3, -0.25) is 4.79 Å². The van der Waals surface area contributed by atoms with E-state index in [4.69, 9.17) is 4.74 Å². The van der Waals surface area contributed by atoms with Gasteiger partial charge in [0, 0.05) is 11.8 Å². The fourth-order valence-electron chi connectivity index (χ4n) is 4.55. The Labute approximate surface area is 207 Å². The summed E-state index contributed by atoms with van der Waals surface area (Å²) in [5, 5.41) is 9.55. The molecule has 0 fully saturated rings. The number of carbonyl (C=O) groups excluding carboxylic acids is 1. The first-order valence-electron chi connectivity index (χ1n) is 14.9. The number of aliphatic hydroxyl groups excluding tert-OH is 1. The van der Waals surface area contributed by atoms with Gasteiger partial charge in [0.2, 0.25) is 0 Å². The molecule has 0 aliphatic rings. The lowest BCUT2D eigenvalue weighted by Crippen LogP contribution is -2.31. The van der Waals surface area contributed by atoms with Crippen molar-refractivity contribution >= 4 is 5.97 Å². The van der Waals surface area contributed by atoms with Gasteiger partial charge in [-0.25, -0.2) is 0 Å². The number of rotatable bonds is 26. The summed E-state index contributed by atoms with van der Waals surface area (Å²) >= 11 is 0. The van der Waals surface area contributed by atoms with Crippen LogP contribution < -0.4 is 0 Å². The molecule has 3 heteroatoms. The van der Waals surface area contributed by atoms with Crippen molar-refractivity contribution < 1.29 is 14.6 Å². The van der Waals surface area contributed by atoms with Crippen LogP contribution in [-0.4, -0.2) is 24.3 Å². The van der Waals surface area contributed by atoms with Crippen molar-refractivity contribution in [2.45, 2.75) is 168 Å². The largest absolute Gasteiger partial charge is 0.465 e. The fraction of sp³-hybridized carbons (Fsp3) is 0.967. The van der Waals surface area contributed by atoms with Gasteiger partial charge in [-0.1, -0.05) is 143 Å². The number of carbonyl (C=O) groups is 1. The Bertz CT molecular complexity index is 395. The molecule has 0 spiro atoms. The van der Waals surface area contributed by atoms with Crippen molar-refractivity contribution in [2.24, 2.45) is 5.41 Å². The van der Waals surface area contributed by atoms with E-state index in [1.54, 1.807) is 0 Å². The molecule has 0 rings (SSSR count). The van der Waals surface area contributed by atoms with Crippen LogP contribution in [-0.2, 0) is 9.53 Å². The Kier molecular flexibility index (Phi) is 24.1. The summed E-state index contributed by atoms with van der Waals surface area (Å²) in [6, 6.07) is 0. The average molecular weight is 469 g/mol. The highest BCUT2D eigenvalue weighted by Crippen LogP contribution is 2.26. The van der Waals surface area contributed by atoms with Gasteiger partial charge in [-0.05, 0) is 19.3 Å². The molecule has 0 aromatic heterocycles. The zero-order chi connectivity index (χ0) is 24.5. The molecular weight excluding hydrogens is 408 g/mol. The molecule has 0 aliphatic heterocycles. The number of aliphatic hydroxyl groups is 1. The molecule has 0 heterocycles. The molecule has 1 N–H and O–H groups in total. The molecular formula is C30H60O3. The maximum atomic E-state index is 11.9. The second kappa shape index (κ2) is 24.6. The van der Waals surface area contributed by atoms with E-state index < -0.39 is 0 Å². The van der Waals surface area contributed by atoms with Gasteiger partial charge in [0.1, 0.15) is 0 Å². The summed E-state index contributed by atoms with van der Waals surface area (Å²) < 4.78 is 5.42. The van der Waals surface area contributed by atoms with Crippen molar-refractivity contribution in [3.8, 4) is 0 Å². The van der Waals surface area contributed by atoms with Gasteiger partial charge in [-0.15, -0.1) is 0 Å². The number of hydrogen-bond donors (Lipinski definition) is 1. The first kappa shape index (κ1) is 32.4. The second-order valence-corrected chi connectivity index (χ2v) is 10.5. The van der Waals surface area contributed by atoms with Crippen LogP contribution in [0.3, 0.4) is 0 Å². The Morgan fingerprint density at radius 2 is 0.909 bits per heavy atom. The highest BCUT2D eigenvalue weighted by Gasteiger charge is 2.27. The minimum absolute atomic E-state index is 0.0899. The third kappa shape index (κ3) is 20.5. The first-order chi connectivity index (χ1) is 16.1. The zero-order valence-corrected chi connectivity index (χ0v) is 22.9. The van der Waals surface area contributed by atoms with Gasteiger partial charge in [0.05, 0.1) is 13.2 Å². The summed E-state index contributed by atoms with van der Waals surface area (Å²) in [4.78, 5) is 11.9. The van der Waals surface area contributed by atoms with Crippen LogP contribution in [0.5, 0.6) is 0 Å². The van der Waals surface area contributed by atoms with Gasteiger partial charge >= 0.3 is 5.97 Å². The SMILES string of the molecule is CCCCCCCCCCCCCCCCCCCCCCC(=O)OCC(CC)(CC)CO. The summed E-state index contributed by atoms with van der Waals surface area (Å²) in [5.41, 5.74) is -0.247. The van der Waals surface area contributed by atoms with Crippen molar-refractivity contribution in [3.05, 3.63) is 0 Å². The third-order valence-corrected chi connectivity index (χ3v) is 7.61. The molecule has 0 bridgehead atoms. The smallest absolute Gasteiger partial charge is 0.305 e. The molecule has 0 saturated heterocycles. The van der Waals surface area contributed by atoms with Gasteiger partial charge in [-0.2, -0.15) is 0 Å². The van der Waals surface area contributed by atoms with Gasteiger partial charge < -0.3 is 9.84 Å². The molecule has 0 saturated carbocycles. The molecule has 0 radical (unpaired) electrons. The number of unbranched alkanes of at least 4 members (excludes halogenated alkanes) is 19. The third-order valence-electron chi connectivity index (χ3n) is 7.61. The predicted octanol–water partition coefficient (Wildman–Crippen LogP) is 9.54. The molecule has 0 atom stereocenters. The van der Waals surface area contributed by atoms with Crippen LogP contribution in [0.25, 0.3) is 0 Å². The summed E-state index contributed by atoms with van der Waals surface area (Å²) in [6.45, 7) is 6.83. The van der Waals surface area contributed by atoms with Crippen molar-refractivity contribution in [3.63, 3.8) is 0 Å². The van der Waals surface area contributed by atoms with E-state index in [2.05, 4.69) is 6.92 Å². The fourth-order valence-corrected chi connectivity index (χ4v) is 4.55. The quantitative estimate of drug-likeness (QED) is 0.101. The molecule has 3 nitrogen and oxygen atoms in total. The van der Waals surface area contributed by atoms with Crippen LogP contribution in [0.2, 0.25) is 0 Å². The molecule has 0 amide bonds. The molecule has 0 aromatic carbocycles. The van der Waals surface area contributed by atoms with Crippen molar-refractivity contribution in [2.75, 3.05) is 13.2 Å². The van der Waals surface area contributed by atoms with E-state index in [-0.39, 0.29) is 18.0 Å². The minimum Gasteiger partial charge on any atom is -0.465 e. The van der Waals surface area contributed by atoms with E-state index in [1.165, 1.54) is 116 Å². The zero-order valence-electron chi connectivity index (χ0n) is 22.9. The van der Waals surface area contributed by atoms with E-state index in [0.29, 0.717) is 13.0 Å². The average Bonchev–Trinajstić information content (AvgIpc) is 2.84. The first-order valence-corrected chi connectivity index (χ1v) is 14.9. The molecule has 0 unspecified atom stereocenters. The molecule has 198 valence electrons. The topological polar surface area (TPSA) is 46.5 Å². The Morgan fingerprint density at radius 1 is 0.576 bits per heavy atom. The summed E-state index contributed by atoms with van der Waals surface area (Å²) in [6.07, 6.45) is 29.5. The Balaban J connectivity index is 3.27. The lowest BCUT2D eigenvalue weighted by Gasteiger charge is -2.28. The standard InChI is InChI=1S/C30H60O3/c1-4-7-8-9-10-11-12-13-14-15-16-17-18-19-20-21-22-23-24-25-26-29(32)33-28-30(5-2,6-3)27-31/h31H,4-28H2,1-3H3. The van der Waals surface area contributed by atoms with Gasteiger partial charge in [0.25, 0.3) is 0 Å². The maximum Gasteiger partial charge on any atom is 0.305 e. The Hall–Kier alpha value is -0.570. The summed E-state index contributed by atoms with van der Waals surface area (Å²) in [7, 11) is 0. The van der Waals surface area contributed by atoms with Crippen LogP contribution in [0.1, 0.15) is 168 Å². The van der Waals surface area contributed by atoms with Crippen LogP contribution >= 0.6 is 0 Å². The minimum atomic E-state index is -0.247. The van der Waals surface area contributed by atoms with Crippen LogP contribution in [0.15, 0.2) is 0 Å². The lowest BCUT2D eigenvalue weighted by atomic mass is 9.84. The van der Waals surface area contributed by atoms with Crippen molar-refractivity contribution in [1.29, 1.82) is 0 Å². The van der Waals surface area contributed by atoms with E-state index in [0.717, 1.165) is 25.7 Å². The highest BCUT2D eigenvalue weighted by molar-refractivity contribution is 5.69. The Morgan fingerprint density at radius 3 is 1.21 bits per heavy atom. The van der Waals surface area contributed by atoms with Crippen molar-refractivity contribution in [1.82, 2.24) is 0 Å². The summed E-state index contributed by atoms with van der Waals surface area (Å²) in [5.74, 6) is -0.0999. The maximum absolute atomic E-state index is 11.9. The van der Waals surface area contributed by atoms with E-state index >= 15 is 0 Å². The normalized spacial score (nSPS) is 11.8. The lowest BCUT2D eigenvalue weighted by molar-refractivity contribution is -0.148. The van der Waals surface area contributed by atoms with E-state index in [9.17, 15) is 9.90 Å². The predicted molar refractivity (Wildman–Crippen MR) is 144 cm³/mol. The monoisotopic (exact) mass is 468 g/mol. The number of hydrogen-bond acceptors (Lipinski definition) is 3. The highest BCUT2D eigenvalue weighted by atomic mass is 16.5. The van der Waals surface area contributed by atoms with Crippen LogP contribution in [0.4, 0.5) is 0 Å².